The molecule has 2 aromatic carbocycles. The third kappa shape index (κ3) is 4.17. The molecule has 5 nitrogen and oxygen atoms in total. The molecule has 1 aliphatic heterocycles. The van der Waals surface area contributed by atoms with Crippen molar-refractivity contribution in [2.75, 3.05) is 6.79 Å². The van der Waals surface area contributed by atoms with Gasteiger partial charge in [0.2, 0.25) is 6.79 Å². The fourth-order valence-electron chi connectivity index (χ4n) is 2.62. The Morgan fingerprint density at radius 3 is 2.69 bits per heavy atom. The van der Waals surface area contributed by atoms with E-state index in [1.165, 1.54) is 0 Å². The van der Waals surface area contributed by atoms with Crippen molar-refractivity contribution in [3.8, 4) is 17.2 Å². The van der Waals surface area contributed by atoms with Crippen LogP contribution in [-0.4, -0.2) is 18.8 Å². The molecule has 138 valence electrons. The Bertz CT molecular complexity index is 812. The van der Waals surface area contributed by atoms with E-state index < -0.39 is 6.10 Å². The van der Waals surface area contributed by atoms with Gasteiger partial charge in [-0.25, -0.2) is 0 Å². The summed E-state index contributed by atoms with van der Waals surface area (Å²) in [5.74, 6) is 1.59. The van der Waals surface area contributed by atoms with Gasteiger partial charge >= 0.3 is 0 Å². The summed E-state index contributed by atoms with van der Waals surface area (Å²) in [6, 6.07) is 10.3. The van der Waals surface area contributed by atoms with E-state index in [0.29, 0.717) is 33.7 Å². The summed E-state index contributed by atoms with van der Waals surface area (Å²) in [5, 5.41) is 3.84. The largest absolute Gasteiger partial charge is 0.479 e. The molecule has 3 rings (SSSR count). The summed E-state index contributed by atoms with van der Waals surface area (Å²) in [6.07, 6.45) is -0.163. The number of nitrogens with one attached hydrogen (secondary N) is 1. The summed E-state index contributed by atoms with van der Waals surface area (Å²) < 4.78 is 16.5. The second kappa shape index (κ2) is 8.06. The average Bonchev–Trinajstić information content (AvgIpc) is 3.08. The number of ether oxygens (including phenoxy) is 3. The Morgan fingerprint density at radius 1 is 1.19 bits per heavy atom. The number of fused-ring (bicyclic) bond motifs is 1. The summed E-state index contributed by atoms with van der Waals surface area (Å²) in [4.78, 5) is 12.6. The number of carbonyl (C=O) groups is 1. The molecule has 0 fully saturated rings. The number of hydrogen-bond donors (Lipinski definition) is 1. The van der Waals surface area contributed by atoms with E-state index >= 15 is 0 Å². The summed E-state index contributed by atoms with van der Waals surface area (Å²) in [6.45, 7) is 3.99. The van der Waals surface area contributed by atoms with Crippen molar-refractivity contribution in [1.82, 2.24) is 5.32 Å². The Kier molecular flexibility index (Phi) is 5.79. The van der Waals surface area contributed by atoms with Gasteiger partial charge in [0.1, 0.15) is 5.75 Å². The van der Waals surface area contributed by atoms with E-state index in [1.807, 2.05) is 32.0 Å². The number of benzene rings is 2. The molecule has 1 aliphatic rings. The Hall–Kier alpha value is -2.11. The van der Waals surface area contributed by atoms with Crippen molar-refractivity contribution in [1.29, 1.82) is 0 Å². The molecule has 7 heteroatoms. The van der Waals surface area contributed by atoms with Gasteiger partial charge in [-0.15, -0.1) is 0 Å². The number of amides is 1. The monoisotopic (exact) mass is 395 g/mol. The van der Waals surface area contributed by atoms with Gasteiger partial charge < -0.3 is 19.5 Å². The van der Waals surface area contributed by atoms with E-state index in [1.54, 1.807) is 18.2 Å². The molecule has 26 heavy (non-hydrogen) atoms. The van der Waals surface area contributed by atoms with E-state index in [2.05, 4.69) is 5.32 Å². The minimum absolute atomic E-state index is 0.213. The number of rotatable bonds is 6. The highest BCUT2D eigenvalue weighted by atomic mass is 35.5. The SMILES string of the molecule is CCC(Oc1ccc(Cl)cc1Cl)C(=O)NC(C)c1ccc2c(c1)OCO2. The lowest BCUT2D eigenvalue weighted by atomic mass is 10.1. The molecule has 0 aromatic heterocycles. The van der Waals surface area contributed by atoms with Crippen LogP contribution in [0.1, 0.15) is 31.9 Å². The third-order valence-electron chi connectivity index (χ3n) is 4.08. The quantitative estimate of drug-likeness (QED) is 0.765. The van der Waals surface area contributed by atoms with Crippen LogP contribution in [0, 0.1) is 0 Å². The molecular weight excluding hydrogens is 377 g/mol. The molecule has 1 amide bonds. The zero-order valence-electron chi connectivity index (χ0n) is 14.4. The first-order valence-electron chi connectivity index (χ1n) is 8.29. The highest BCUT2D eigenvalue weighted by Crippen LogP contribution is 2.34. The van der Waals surface area contributed by atoms with Gasteiger partial charge in [-0.05, 0) is 49.2 Å². The minimum atomic E-state index is -0.662. The maximum absolute atomic E-state index is 12.6. The lowest BCUT2D eigenvalue weighted by Gasteiger charge is -2.21. The van der Waals surface area contributed by atoms with Crippen molar-refractivity contribution >= 4 is 29.1 Å². The van der Waals surface area contributed by atoms with Crippen molar-refractivity contribution in [3.63, 3.8) is 0 Å². The Morgan fingerprint density at radius 2 is 1.96 bits per heavy atom. The fraction of sp³-hybridized carbons (Fsp3) is 0.316. The molecule has 0 aliphatic carbocycles. The van der Waals surface area contributed by atoms with E-state index in [0.717, 1.165) is 5.56 Å². The van der Waals surface area contributed by atoms with Crippen LogP contribution in [0.15, 0.2) is 36.4 Å². The van der Waals surface area contributed by atoms with Crippen LogP contribution in [-0.2, 0) is 4.79 Å². The maximum Gasteiger partial charge on any atom is 0.261 e. The van der Waals surface area contributed by atoms with Crippen LogP contribution in [0.2, 0.25) is 10.0 Å². The zero-order valence-corrected chi connectivity index (χ0v) is 15.9. The molecular formula is C19H19Cl2NO4. The van der Waals surface area contributed by atoms with Gasteiger partial charge in [-0.2, -0.15) is 0 Å². The minimum Gasteiger partial charge on any atom is -0.479 e. The lowest BCUT2D eigenvalue weighted by Crippen LogP contribution is -2.39. The first-order valence-corrected chi connectivity index (χ1v) is 9.05. The van der Waals surface area contributed by atoms with Crippen LogP contribution in [0.25, 0.3) is 0 Å². The molecule has 0 saturated carbocycles. The van der Waals surface area contributed by atoms with Gasteiger partial charge in [-0.3, -0.25) is 4.79 Å². The highest BCUT2D eigenvalue weighted by Gasteiger charge is 2.23. The average molecular weight is 396 g/mol. The summed E-state index contributed by atoms with van der Waals surface area (Å²) >= 11 is 12.0. The lowest BCUT2D eigenvalue weighted by molar-refractivity contribution is -0.128. The predicted octanol–water partition coefficient (Wildman–Crippen LogP) is 4.76. The molecule has 0 radical (unpaired) electrons. The van der Waals surface area contributed by atoms with E-state index in [-0.39, 0.29) is 18.7 Å². The Labute approximate surface area is 162 Å². The maximum atomic E-state index is 12.6. The predicted molar refractivity (Wildman–Crippen MR) is 100 cm³/mol. The standard InChI is InChI=1S/C19H19Cl2NO4/c1-3-15(26-16-7-5-13(20)9-14(16)21)19(23)22-11(2)12-4-6-17-18(8-12)25-10-24-17/h4-9,11,15H,3,10H2,1-2H3,(H,22,23). The molecule has 2 aromatic rings. The first-order chi connectivity index (χ1) is 12.5. The number of hydrogen-bond acceptors (Lipinski definition) is 4. The van der Waals surface area contributed by atoms with Gasteiger partial charge in [0.15, 0.2) is 17.6 Å². The molecule has 1 N–H and O–H groups in total. The summed E-state index contributed by atoms with van der Waals surface area (Å²) in [5.41, 5.74) is 0.918. The van der Waals surface area contributed by atoms with Crippen LogP contribution in [0.3, 0.4) is 0 Å². The van der Waals surface area contributed by atoms with E-state index in [9.17, 15) is 4.79 Å². The Balaban J connectivity index is 1.66. The van der Waals surface area contributed by atoms with Crippen LogP contribution in [0.5, 0.6) is 17.2 Å². The topological polar surface area (TPSA) is 56.8 Å². The summed E-state index contributed by atoms with van der Waals surface area (Å²) in [7, 11) is 0. The van der Waals surface area contributed by atoms with Crippen LogP contribution < -0.4 is 19.5 Å². The molecule has 0 saturated heterocycles. The van der Waals surface area contributed by atoms with Gasteiger partial charge in [-0.1, -0.05) is 36.2 Å². The van der Waals surface area contributed by atoms with Crippen LogP contribution >= 0.6 is 23.2 Å². The molecule has 0 bridgehead atoms. The second-order valence-electron chi connectivity index (χ2n) is 5.93. The second-order valence-corrected chi connectivity index (χ2v) is 6.78. The molecule has 2 unspecified atom stereocenters. The molecule has 2 atom stereocenters. The molecule has 0 spiro atoms. The number of carbonyl (C=O) groups excluding carboxylic acids is 1. The number of halogens is 2. The van der Waals surface area contributed by atoms with Gasteiger partial charge in [0, 0.05) is 5.02 Å². The molecule has 1 heterocycles. The van der Waals surface area contributed by atoms with Crippen molar-refractivity contribution in [2.24, 2.45) is 0 Å². The zero-order chi connectivity index (χ0) is 18.7. The normalized spacial score (nSPS) is 14.6. The third-order valence-corrected chi connectivity index (χ3v) is 4.61. The van der Waals surface area contributed by atoms with E-state index in [4.69, 9.17) is 37.4 Å². The van der Waals surface area contributed by atoms with Crippen molar-refractivity contribution in [2.45, 2.75) is 32.4 Å². The van der Waals surface area contributed by atoms with Gasteiger partial charge in [0.05, 0.1) is 11.1 Å². The fourth-order valence-corrected chi connectivity index (χ4v) is 3.07. The first kappa shape index (κ1) is 18.7. The van der Waals surface area contributed by atoms with Crippen molar-refractivity contribution in [3.05, 3.63) is 52.0 Å². The highest BCUT2D eigenvalue weighted by molar-refractivity contribution is 6.35. The van der Waals surface area contributed by atoms with Crippen LogP contribution in [0.4, 0.5) is 0 Å². The smallest absolute Gasteiger partial charge is 0.261 e. The van der Waals surface area contributed by atoms with Gasteiger partial charge in [0.25, 0.3) is 5.91 Å². The van der Waals surface area contributed by atoms with Crippen molar-refractivity contribution < 1.29 is 19.0 Å².